The van der Waals surface area contributed by atoms with Gasteiger partial charge in [-0.15, -0.1) is 6.58 Å². The summed E-state index contributed by atoms with van der Waals surface area (Å²) in [6.07, 6.45) is -2.76. The van der Waals surface area contributed by atoms with Crippen molar-refractivity contribution in [3.8, 4) is 0 Å². The number of alkyl carbamates (subject to hydrolysis) is 1. The molecule has 3 rings (SSSR count). The Labute approximate surface area is 314 Å². The molecule has 1 aliphatic carbocycles. The number of rotatable bonds is 22. The van der Waals surface area contributed by atoms with E-state index in [9.17, 15) is 24.9 Å². The molecule has 4 N–H and O–H groups in total. The van der Waals surface area contributed by atoms with E-state index in [4.69, 9.17) is 42.6 Å². The molecule has 0 radical (unpaired) electrons. The number of carbonyl (C=O) groups excluding carboxylic acids is 2. The fraction of sp³-hybridized carbons (Fsp3) is 0.842. The minimum atomic E-state index is -1.62. The first-order valence-electron chi connectivity index (χ1n) is 19.3. The van der Waals surface area contributed by atoms with Crippen molar-refractivity contribution >= 4 is 12.1 Å². The van der Waals surface area contributed by atoms with Gasteiger partial charge in [-0.2, -0.15) is 0 Å². The van der Waals surface area contributed by atoms with Crippen LogP contribution in [0.5, 0.6) is 0 Å². The van der Waals surface area contributed by atoms with Gasteiger partial charge in [-0.05, 0) is 39.0 Å². The topological polar surface area (TPSA) is 190 Å². The predicted octanol–water partition coefficient (Wildman–Crippen LogP) is 3.16. The normalized spacial score (nSPS) is 36.0. The zero-order chi connectivity index (χ0) is 38.9. The Hall–Kier alpha value is -2.18. The Kier molecular flexibility index (Phi) is 20.2. The molecule has 1 amide bonds. The molecule has 2 aliphatic heterocycles. The van der Waals surface area contributed by atoms with Crippen molar-refractivity contribution in [2.75, 3.05) is 40.1 Å². The molecular weight excluding hydrogens is 694 g/mol. The second-order valence-corrected chi connectivity index (χ2v) is 13.9. The monoisotopic (exact) mass is 759 g/mol. The SMILES string of the molecule is C=CCOC(=O)NC1C(O)[C@@H](O)C(CO)O[C@H]1OC1CC(C(=O)OC)CC(C=C)C1OC1O[C@@H](C)C(OCCCC)C(OCCCC)C1OCCCC. The molecule has 2 heterocycles. The molecular formula is C38H65NO14. The maximum atomic E-state index is 13.0. The van der Waals surface area contributed by atoms with Gasteiger partial charge in [0.2, 0.25) is 0 Å². The number of amides is 1. The van der Waals surface area contributed by atoms with Crippen molar-refractivity contribution in [1.29, 1.82) is 0 Å². The number of ether oxygens (including phenoxy) is 9. The van der Waals surface area contributed by atoms with Crippen molar-refractivity contribution in [2.24, 2.45) is 11.8 Å². The number of hydrogen-bond acceptors (Lipinski definition) is 14. The van der Waals surface area contributed by atoms with Crippen molar-refractivity contribution < 1.29 is 67.5 Å². The molecule has 53 heavy (non-hydrogen) atoms. The number of aliphatic hydroxyl groups is 3. The summed E-state index contributed by atoms with van der Waals surface area (Å²) in [5, 5.41) is 34.3. The Bertz CT molecular complexity index is 1100. The van der Waals surface area contributed by atoms with Crippen molar-refractivity contribution in [3.05, 3.63) is 25.3 Å². The smallest absolute Gasteiger partial charge is 0.407 e. The minimum absolute atomic E-state index is 0.0976. The summed E-state index contributed by atoms with van der Waals surface area (Å²) in [5.74, 6) is -1.56. The van der Waals surface area contributed by atoms with Crippen LogP contribution in [0.3, 0.4) is 0 Å². The van der Waals surface area contributed by atoms with E-state index >= 15 is 0 Å². The third-order valence-electron chi connectivity index (χ3n) is 9.95. The van der Waals surface area contributed by atoms with Crippen LogP contribution in [-0.2, 0) is 47.4 Å². The van der Waals surface area contributed by atoms with Gasteiger partial charge in [0.15, 0.2) is 12.6 Å². The highest BCUT2D eigenvalue weighted by Gasteiger charge is 2.53. The average molecular weight is 760 g/mol. The standard InChI is InChI=1S/C38H65NO14/c1-8-13-17-46-31-23(6)50-37(34(48-19-15-10-3)33(31)47-18-14-9-2)53-32-24(12-5)20-25(35(43)45-7)21-26(32)51-36-28(39-38(44)49-16-11-4)30(42)29(41)27(22-40)52-36/h11-12,23-34,36-37,40-42H,4-5,8-10,13-22H2,1-3,6-7H3,(H,39,44)/t23-,24?,25?,26?,27?,28?,29-,30?,31?,32?,33?,34?,36+,37?/m0/s1. The van der Waals surface area contributed by atoms with E-state index in [0.717, 1.165) is 38.5 Å². The van der Waals surface area contributed by atoms with E-state index in [-0.39, 0.29) is 13.0 Å². The second-order valence-electron chi connectivity index (χ2n) is 13.9. The highest BCUT2D eigenvalue weighted by Crippen LogP contribution is 2.40. The Morgan fingerprint density at radius 2 is 1.45 bits per heavy atom. The number of nitrogens with one attached hydrogen (secondary N) is 1. The Morgan fingerprint density at radius 3 is 2.02 bits per heavy atom. The van der Waals surface area contributed by atoms with Gasteiger partial charge in [-0.25, -0.2) is 4.79 Å². The largest absolute Gasteiger partial charge is 0.469 e. The molecule has 1 saturated carbocycles. The zero-order valence-electron chi connectivity index (χ0n) is 32.2. The summed E-state index contributed by atoms with van der Waals surface area (Å²) in [5.41, 5.74) is 0. The molecule has 11 unspecified atom stereocenters. The number of aliphatic hydroxyl groups excluding tert-OH is 3. The number of carbonyl (C=O) groups is 2. The van der Waals surface area contributed by atoms with Crippen molar-refractivity contribution in [1.82, 2.24) is 5.32 Å². The van der Waals surface area contributed by atoms with Crippen LogP contribution >= 0.6 is 0 Å². The average Bonchev–Trinajstić information content (AvgIpc) is 3.15. The fourth-order valence-corrected chi connectivity index (χ4v) is 6.92. The van der Waals surface area contributed by atoms with Crippen LogP contribution in [-0.4, -0.2) is 141 Å². The maximum absolute atomic E-state index is 13.0. The van der Waals surface area contributed by atoms with Gasteiger partial charge in [0.25, 0.3) is 0 Å². The summed E-state index contributed by atoms with van der Waals surface area (Å²) in [4.78, 5) is 25.6. The molecule has 14 atom stereocenters. The van der Waals surface area contributed by atoms with E-state index in [0.29, 0.717) is 26.2 Å². The molecule has 0 spiro atoms. The van der Waals surface area contributed by atoms with Gasteiger partial charge in [0.05, 0.1) is 37.9 Å². The molecule has 0 aromatic carbocycles. The lowest BCUT2D eigenvalue weighted by Crippen LogP contribution is -2.66. The van der Waals surface area contributed by atoms with Crippen molar-refractivity contribution in [2.45, 2.75) is 153 Å². The van der Waals surface area contributed by atoms with Crippen LogP contribution in [0.4, 0.5) is 4.79 Å². The highest BCUT2D eigenvalue weighted by atomic mass is 16.7. The summed E-state index contributed by atoms with van der Waals surface area (Å²) in [6, 6.07) is -1.35. The number of methoxy groups -OCH3 is 1. The van der Waals surface area contributed by atoms with Gasteiger partial charge in [-0.1, -0.05) is 58.8 Å². The lowest BCUT2D eigenvalue weighted by Gasteiger charge is -2.49. The highest BCUT2D eigenvalue weighted by molar-refractivity contribution is 5.72. The summed E-state index contributed by atoms with van der Waals surface area (Å²) in [6.45, 7) is 16.5. The Morgan fingerprint density at radius 1 is 0.830 bits per heavy atom. The van der Waals surface area contributed by atoms with Crippen LogP contribution in [0, 0.1) is 11.8 Å². The molecule has 3 aliphatic rings. The number of unbranched alkanes of at least 4 members (excludes halogenated alkanes) is 3. The molecule has 0 aromatic rings. The fourth-order valence-electron chi connectivity index (χ4n) is 6.92. The summed E-state index contributed by atoms with van der Waals surface area (Å²) in [7, 11) is 1.31. The third kappa shape index (κ3) is 12.7. The third-order valence-corrected chi connectivity index (χ3v) is 9.95. The first-order chi connectivity index (χ1) is 25.6. The number of esters is 1. The second kappa shape index (κ2) is 23.7. The van der Waals surface area contributed by atoms with E-state index in [1.54, 1.807) is 6.08 Å². The lowest BCUT2D eigenvalue weighted by atomic mass is 9.77. The first kappa shape index (κ1) is 45.2. The molecule has 2 saturated heterocycles. The lowest BCUT2D eigenvalue weighted by molar-refractivity contribution is -0.346. The van der Waals surface area contributed by atoms with Crippen LogP contribution in [0.25, 0.3) is 0 Å². The molecule has 3 fully saturated rings. The quantitative estimate of drug-likeness (QED) is 0.0716. The van der Waals surface area contributed by atoms with E-state index in [1.807, 2.05) is 6.92 Å². The summed E-state index contributed by atoms with van der Waals surface area (Å²) < 4.78 is 55.5. The molecule has 0 bridgehead atoms. The van der Waals surface area contributed by atoms with Gasteiger partial charge in [0, 0.05) is 25.7 Å². The van der Waals surface area contributed by atoms with Gasteiger partial charge in [-0.3, -0.25) is 4.79 Å². The van der Waals surface area contributed by atoms with Crippen molar-refractivity contribution in [3.63, 3.8) is 0 Å². The maximum Gasteiger partial charge on any atom is 0.407 e. The van der Waals surface area contributed by atoms with Gasteiger partial charge < -0.3 is 63.3 Å². The molecule has 306 valence electrons. The van der Waals surface area contributed by atoms with Crippen LogP contribution < -0.4 is 5.32 Å². The van der Waals surface area contributed by atoms with Gasteiger partial charge >= 0.3 is 12.1 Å². The Balaban J connectivity index is 2.01. The molecule has 15 nitrogen and oxygen atoms in total. The van der Waals surface area contributed by atoms with E-state index in [1.165, 1.54) is 13.2 Å². The predicted molar refractivity (Wildman–Crippen MR) is 193 cm³/mol. The van der Waals surface area contributed by atoms with Gasteiger partial charge in [0.1, 0.15) is 49.3 Å². The van der Waals surface area contributed by atoms with Crippen LogP contribution in [0.15, 0.2) is 25.3 Å². The molecule has 0 aromatic heterocycles. The molecule has 15 heteroatoms. The summed E-state index contributed by atoms with van der Waals surface area (Å²) >= 11 is 0. The minimum Gasteiger partial charge on any atom is -0.469 e. The zero-order valence-corrected chi connectivity index (χ0v) is 32.2. The van der Waals surface area contributed by atoms with E-state index < -0.39 is 104 Å². The van der Waals surface area contributed by atoms with Crippen LogP contribution in [0.2, 0.25) is 0 Å². The van der Waals surface area contributed by atoms with Crippen LogP contribution in [0.1, 0.15) is 79.1 Å². The first-order valence-corrected chi connectivity index (χ1v) is 19.3. The number of hydrogen-bond donors (Lipinski definition) is 4. The van der Waals surface area contributed by atoms with E-state index in [2.05, 4.69) is 39.2 Å².